The van der Waals surface area contributed by atoms with E-state index in [9.17, 15) is 9.59 Å². The van der Waals surface area contributed by atoms with E-state index in [0.29, 0.717) is 17.3 Å². The monoisotopic (exact) mass is 428 g/mol. The van der Waals surface area contributed by atoms with E-state index in [4.69, 9.17) is 9.15 Å². The van der Waals surface area contributed by atoms with Crippen LogP contribution in [0.1, 0.15) is 11.3 Å². The number of ether oxygens (including phenoxy) is 1. The van der Waals surface area contributed by atoms with Crippen molar-refractivity contribution < 1.29 is 18.7 Å². The third kappa shape index (κ3) is 5.27. The highest BCUT2D eigenvalue weighted by Gasteiger charge is 2.13. The summed E-state index contributed by atoms with van der Waals surface area (Å²) in [5, 5.41) is 2.68. The number of nitrogens with zero attached hydrogens (tertiary/aromatic N) is 1. The van der Waals surface area contributed by atoms with Crippen molar-refractivity contribution in [2.45, 2.75) is 13.3 Å². The predicted octanol–water partition coefficient (Wildman–Crippen LogP) is 4.14. The molecule has 0 atom stereocenters. The zero-order chi connectivity index (χ0) is 19.2. The second kappa shape index (κ2) is 8.64. The molecule has 0 spiro atoms. The third-order valence-electron chi connectivity index (χ3n) is 3.70. The number of hydrogen-bond acceptors (Lipinski definition) is 5. The average Bonchev–Trinajstić information content (AvgIpc) is 3.12. The van der Waals surface area contributed by atoms with Crippen LogP contribution in [0.15, 0.2) is 63.7 Å². The molecule has 0 saturated heterocycles. The predicted molar refractivity (Wildman–Crippen MR) is 104 cm³/mol. The molecule has 0 aliphatic heterocycles. The van der Waals surface area contributed by atoms with Gasteiger partial charge in [-0.2, -0.15) is 0 Å². The molecule has 138 valence electrons. The van der Waals surface area contributed by atoms with E-state index in [1.807, 2.05) is 49.4 Å². The zero-order valence-electron chi connectivity index (χ0n) is 14.6. The highest BCUT2D eigenvalue weighted by atomic mass is 79.9. The summed E-state index contributed by atoms with van der Waals surface area (Å²) in [6.45, 7) is 1.55. The maximum absolute atomic E-state index is 11.9. The summed E-state index contributed by atoms with van der Waals surface area (Å²) in [7, 11) is 0. The molecule has 1 heterocycles. The number of nitrogens with one attached hydrogen (secondary N) is 1. The van der Waals surface area contributed by atoms with E-state index in [2.05, 4.69) is 26.2 Å². The molecule has 7 heteroatoms. The number of halogens is 1. The molecule has 27 heavy (non-hydrogen) atoms. The quantitative estimate of drug-likeness (QED) is 0.596. The Balaban J connectivity index is 1.49. The van der Waals surface area contributed by atoms with Crippen molar-refractivity contribution in [3.8, 4) is 11.5 Å². The Kier molecular flexibility index (Phi) is 6.03. The lowest BCUT2D eigenvalue weighted by Crippen LogP contribution is -2.21. The number of hydrogen-bond donors (Lipinski definition) is 1. The molecule has 1 N–H and O–H groups in total. The molecule has 0 unspecified atom stereocenters. The molecule has 0 saturated carbocycles. The first-order valence-corrected chi connectivity index (χ1v) is 9.02. The molecule has 0 radical (unpaired) electrons. The van der Waals surface area contributed by atoms with Crippen LogP contribution in [-0.2, 0) is 20.7 Å². The molecular formula is C20H17BrN2O4. The van der Waals surface area contributed by atoms with Gasteiger partial charge >= 0.3 is 5.97 Å². The van der Waals surface area contributed by atoms with Crippen LogP contribution in [0.25, 0.3) is 11.5 Å². The highest BCUT2D eigenvalue weighted by molar-refractivity contribution is 9.10. The van der Waals surface area contributed by atoms with Gasteiger partial charge in [0, 0.05) is 15.7 Å². The lowest BCUT2D eigenvalue weighted by molar-refractivity contribution is -0.146. The number of amides is 1. The van der Waals surface area contributed by atoms with E-state index in [-0.39, 0.29) is 13.0 Å². The molecule has 1 aromatic heterocycles. The van der Waals surface area contributed by atoms with Gasteiger partial charge in [-0.15, -0.1) is 0 Å². The number of aryl methyl sites for hydroxylation is 1. The fourth-order valence-electron chi connectivity index (χ4n) is 2.37. The Bertz CT molecular complexity index is 954. The van der Waals surface area contributed by atoms with Crippen molar-refractivity contribution in [2.24, 2.45) is 0 Å². The van der Waals surface area contributed by atoms with E-state index in [1.54, 1.807) is 6.07 Å². The van der Waals surface area contributed by atoms with E-state index in [1.165, 1.54) is 6.26 Å². The Morgan fingerprint density at radius 1 is 1.19 bits per heavy atom. The van der Waals surface area contributed by atoms with E-state index < -0.39 is 11.9 Å². The van der Waals surface area contributed by atoms with Gasteiger partial charge in [0.2, 0.25) is 5.89 Å². The van der Waals surface area contributed by atoms with Gasteiger partial charge in [-0.3, -0.25) is 9.59 Å². The number of aromatic nitrogens is 1. The molecule has 2 aromatic carbocycles. The van der Waals surface area contributed by atoms with Crippen molar-refractivity contribution >= 4 is 33.5 Å². The molecule has 1 amide bonds. The number of anilines is 1. The average molecular weight is 429 g/mol. The first-order chi connectivity index (χ1) is 13.0. The Labute approximate surface area is 164 Å². The molecule has 0 aliphatic carbocycles. The summed E-state index contributed by atoms with van der Waals surface area (Å²) in [5.74, 6) is -0.526. The van der Waals surface area contributed by atoms with Crippen LogP contribution < -0.4 is 5.32 Å². The fraction of sp³-hybridized carbons (Fsp3) is 0.150. The van der Waals surface area contributed by atoms with Gasteiger partial charge in [0.25, 0.3) is 5.91 Å². The summed E-state index contributed by atoms with van der Waals surface area (Å²) < 4.78 is 11.3. The van der Waals surface area contributed by atoms with Gasteiger partial charge in [0.05, 0.1) is 12.1 Å². The Hall–Kier alpha value is -2.93. The van der Waals surface area contributed by atoms with Crippen molar-refractivity contribution in [3.63, 3.8) is 0 Å². The molecule has 0 bridgehead atoms. The lowest BCUT2D eigenvalue weighted by Gasteiger charge is -2.07. The summed E-state index contributed by atoms with van der Waals surface area (Å²) >= 11 is 3.40. The SMILES string of the molecule is Cc1cc(NC(=O)COC(=O)Cc2coc(-c3ccccc3)n2)ccc1Br. The molecule has 3 aromatic rings. The van der Waals surface area contributed by atoms with Crippen LogP contribution in [-0.4, -0.2) is 23.5 Å². The standard InChI is InChI=1S/C20H17BrN2O4/c1-13-9-15(7-8-17(13)21)22-18(24)12-26-19(25)10-16-11-27-20(23-16)14-5-3-2-4-6-14/h2-9,11H,10,12H2,1H3,(H,22,24). The smallest absolute Gasteiger partial charge is 0.312 e. The minimum absolute atomic E-state index is 0.0684. The van der Waals surface area contributed by atoms with Crippen molar-refractivity contribution in [2.75, 3.05) is 11.9 Å². The minimum Gasteiger partial charge on any atom is -0.455 e. The zero-order valence-corrected chi connectivity index (χ0v) is 16.2. The topological polar surface area (TPSA) is 81.4 Å². The van der Waals surface area contributed by atoms with E-state index in [0.717, 1.165) is 15.6 Å². The number of benzene rings is 2. The van der Waals surface area contributed by atoms with Crippen LogP contribution in [0.2, 0.25) is 0 Å². The molecule has 0 aliphatic rings. The molecule has 3 rings (SSSR count). The summed E-state index contributed by atoms with van der Waals surface area (Å²) in [6, 6.07) is 14.8. The number of carbonyl (C=O) groups excluding carboxylic acids is 2. The van der Waals surface area contributed by atoms with Gasteiger partial charge in [0.1, 0.15) is 6.26 Å². The number of oxazole rings is 1. The largest absolute Gasteiger partial charge is 0.455 e. The van der Waals surface area contributed by atoms with Crippen molar-refractivity contribution in [1.82, 2.24) is 4.98 Å². The Morgan fingerprint density at radius 3 is 2.70 bits per heavy atom. The third-order valence-corrected chi connectivity index (χ3v) is 4.59. The fourth-order valence-corrected chi connectivity index (χ4v) is 2.61. The van der Waals surface area contributed by atoms with Gasteiger partial charge < -0.3 is 14.5 Å². The van der Waals surface area contributed by atoms with Crippen LogP contribution in [0.5, 0.6) is 0 Å². The van der Waals surface area contributed by atoms with Crippen LogP contribution in [0.3, 0.4) is 0 Å². The number of carbonyl (C=O) groups is 2. The molecule has 0 fully saturated rings. The van der Waals surface area contributed by atoms with Crippen LogP contribution in [0, 0.1) is 6.92 Å². The summed E-state index contributed by atoms with van der Waals surface area (Å²) in [6.07, 6.45) is 1.34. The van der Waals surface area contributed by atoms with Crippen LogP contribution in [0.4, 0.5) is 5.69 Å². The number of rotatable bonds is 6. The first kappa shape index (κ1) is 18.8. The van der Waals surface area contributed by atoms with Crippen molar-refractivity contribution in [3.05, 3.63) is 70.5 Å². The second-order valence-corrected chi connectivity index (χ2v) is 6.71. The van der Waals surface area contributed by atoms with Gasteiger partial charge in [-0.05, 0) is 42.8 Å². The van der Waals surface area contributed by atoms with E-state index >= 15 is 0 Å². The van der Waals surface area contributed by atoms with Gasteiger partial charge in [-0.25, -0.2) is 4.98 Å². The number of esters is 1. The second-order valence-electron chi connectivity index (χ2n) is 5.86. The van der Waals surface area contributed by atoms with Crippen LogP contribution >= 0.6 is 15.9 Å². The van der Waals surface area contributed by atoms with Gasteiger partial charge in [0.15, 0.2) is 6.61 Å². The van der Waals surface area contributed by atoms with Gasteiger partial charge in [-0.1, -0.05) is 34.1 Å². The molecular weight excluding hydrogens is 412 g/mol. The van der Waals surface area contributed by atoms with Crippen molar-refractivity contribution in [1.29, 1.82) is 0 Å². The lowest BCUT2D eigenvalue weighted by atomic mass is 10.2. The first-order valence-electron chi connectivity index (χ1n) is 8.23. The maximum atomic E-state index is 11.9. The summed E-state index contributed by atoms with van der Waals surface area (Å²) in [4.78, 5) is 28.1. The maximum Gasteiger partial charge on any atom is 0.312 e. The highest BCUT2D eigenvalue weighted by Crippen LogP contribution is 2.20. The minimum atomic E-state index is -0.551. The molecule has 6 nitrogen and oxygen atoms in total. The summed E-state index contributed by atoms with van der Waals surface area (Å²) in [5.41, 5.74) is 2.90. The Morgan fingerprint density at radius 2 is 1.96 bits per heavy atom. The normalized spacial score (nSPS) is 10.4.